The van der Waals surface area contributed by atoms with Crippen molar-refractivity contribution in [2.75, 3.05) is 5.32 Å². The van der Waals surface area contributed by atoms with Crippen LogP contribution >= 0.6 is 34.7 Å². The average molecular weight is 552 g/mol. The van der Waals surface area contributed by atoms with E-state index in [9.17, 15) is 14.4 Å². The molecular weight excluding hydrogens is 526 g/mol. The van der Waals surface area contributed by atoms with Crippen LogP contribution in [0, 0.1) is 5.92 Å². The van der Waals surface area contributed by atoms with Crippen LogP contribution in [0.1, 0.15) is 46.3 Å². The number of hydrogen-bond donors (Lipinski definition) is 1. The standard InChI is InChI=1S/C24H26ClN3O6S2/c1-5-14(6-2)20(30)26-22-27-28-23(36-22)35-13-17-11-18(29)19(12-32-17)33-21(31)24(3,4)34-16-9-7-15(25)8-10-16/h7-12,14H,5-6,13H2,1-4H3,(H,26,27,30). The molecule has 3 rings (SSSR count). The highest BCUT2D eigenvalue weighted by atomic mass is 35.5. The molecule has 0 unspecified atom stereocenters. The highest BCUT2D eigenvalue weighted by Gasteiger charge is 2.33. The van der Waals surface area contributed by atoms with Crippen LogP contribution in [-0.2, 0) is 15.3 Å². The second kappa shape index (κ2) is 12.4. The predicted octanol–water partition coefficient (Wildman–Crippen LogP) is 5.57. The first kappa shape index (κ1) is 27.7. The van der Waals surface area contributed by atoms with Gasteiger partial charge in [0.2, 0.25) is 27.8 Å². The third kappa shape index (κ3) is 7.55. The van der Waals surface area contributed by atoms with Gasteiger partial charge < -0.3 is 19.2 Å². The smallest absolute Gasteiger partial charge is 0.355 e. The van der Waals surface area contributed by atoms with Crippen LogP contribution in [0.25, 0.3) is 0 Å². The van der Waals surface area contributed by atoms with Gasteiger partial charge in [0.05, 0.1) is 5.75 Å². The van der Waals surface area contributed by atoms with Crippen LogP contribution in [0.5, 0.6) is 11.5 Å². The van der Waals surface area contributed by atoms with Crippen LogP contribution in [0.2, 0.25) is 5.02 Å². The molecule has 9 nitrogen and oxygen atoms in total. The Bertz CT molecular complexity index is 1260. The molecule has 0 aliphatic heterocycles. The molecule has 0 atom stereocenters. The number of thioether (sulfide) groups is 1. The second-order valence-corrected chi connectivity index (χ2v) is 10.8. The third-order valence-electron chi connectivity index (χ3n) is 5.06. The number of amides is 1. The van der Waals surface area contributed by atoms with E-state index >= 15 is 0 Å². The summed E-state index contributed by atoms with van der Waals surface area (Å²) in [7, 11) is 0. The van der Waals surface area contributed by atoms with E-state index in [4.69, 9.17) is 25.5 Å². The molecule has 0 radical (unpaired) electrons. The summed E-state index contributed by atoms with van der Waals surface area (Å²) >= 11 is 8.40. The van der Waals surface area contributed by atoms with E-state index in [2.05, 4.69) is 15.5 Å². The Morgan fingerprint density at radius 3 is 2.53 bits per heavy atom. The van der Waals surface area contributed by atoms with Gasteiger partial charge in [-0.1, -0.05) is 48.5 Å². The first-order valence-electron chi connectivity index (χ1n) is 11.2. The molecule has 3 aromatic rings. The fourth-order valence-electron chi connectivity index (χ4n) is 2.97. The molecular formula is C24H26ClN3O6S2. The van der Waals surface area contributed by atoms with Crippen LogP contribution in [0.4, 0.5) is 5.13 Å². The van der Waals surface area contributed by atoms with Gasteiger partial charge in [-0.2, -0.15) is 0 Å². The summed E-state index contributed by atoms with van der Waals surface area (Å²) < 4.78 is 17.0. The monoisotopic (exact) mass is 551 g/mol. The SMILES string of the molecule is CCC(CC)C(=O)Nc1nnc(SCc2cc(=O)c(OC(=O)C(C)(C)Oc3ccc(Cl)cc3)co2)s1. The molecule has 0 fully saturated rings. The lowest BCUT2D eigenvalue weighted by Crippen LogP contribution is -2.42. The van der Waals surface area contributed by atoms with E-state index in [0.717, 1.165) is 19.1 Å². The number of esters is 1. The number of rotatable bonds is 11. The van der Waals surface area contributed by atoms with Crippen molar-refractivity contribution < 1.29 is 23.5 Å². The summed E-state index contributed by atoms with van der Waals surface area (Å²) in [5.74, 6) is -0.0707. The van der Waals surface area contributed by atoms with E-state index in [1.54, 1.807) is 24.3 Å². The van der Waals surface area contributed by atoms with Gasteiger partial charge >= 0.3 is 5.97 Å². The summed E-state index contributed by atoms with van der Waals surface area (Å²) in [6.45, 7) is 6.98. The maximum absolute atomic E-state index is 12.6. The number of halogens is 1. The third-order valence-corrected chi connectivity index (χ3v) is 7.31. The van der Waals surface area contributed by atoms with Gasteiger partial charge in [0, 0.05) is 17.0 Å². The zero-order valence-electron chi connectivity index (χ0n) is 20.2. The Kier molecular flexibility index (Phi) is 9.52. The van der Waals surface area contributed by atoms with Gasteiger partial charge in [-0.25, -0.2) is 4.79 Å². The minimum atomic E-state index is -1.37. The largest absolute Gasteiger partial charge is 0.476 e. The molecule has 192 valence electrons. The normalized spacial score (nSPS) is 11.4. The Morgan fingerprint density at radius 1 is 1.19 bits per heavy atom. The topological polar surface area (TPSA) is 121 Å². The number of benzene rings is 1. The zero-order chi connectivity index (χ0) is 26.3. The summed E-state index contributed by atoms with van der Waals surface area (Å²) in [4.78, 5) is 37.3. The summed E-state index contributed by atoms with van der Waals surface area (Å²) in [6, 6.07) is 7.77. The van der Waals surface area contributed by atoms with Crippen LogP contribution in [0.15, 0.2) is 50.1 Å². The van der Waals surface area contributed by atoms with Crippen molar-refractivity contribution in [3.05, 3.63) is 57.6 Å². The van der Waals surface area contributed by atoms with Crippen molar-refractivity contribution in [1.82, 2.24) is 10.2 Å². The van der Waals surface area contributed by atoms with E-state index in [0.29, 0.717) is 31.8 Å². The van der Waals surface area contributed by atoms with Crippen LogP contribution < -0.4 is 20.2 Å². The molecule has 0 aliphatic carbocycles. The van der Waals surface area contributed by atoms with E-state index in [1.165, 1.54) is 43.0 Å². The first-order chi connectivity index (χ1) is 17.1. The van der Waals surface area contributed by atoms with Crippen molar-refractivity contribution in [2.24, 2.45) is 5.92 Å². The molecule has 1 N–H and O–H groups in total. The average Bonchev–Trinajstić information content (AvgIpc) is 3.28. The summed E-state index contributed by atoms with van der Waals surface area (Å²) in [5, 5.41) is 11.8. The quantitative estimate of drug-likeness (QED) is 0.185. The molecule has 0 saturated heterocycles. The second-order valence-electron chi connectivity index (χ2n) is 8.20. The minimum absolute atomic E-state index is 0.0681. The number of nitrogens with zero attached hydrogens (tertiary/aromatic N) is 2. The zero-order valence-corrected chi connectivity index (χ0v) is 22.6. The van der Waals surface area contributed by atoms with Gasteiger partial charge in [0.15, 0.2) is 4.34 Å². The minimum Gasteiger partial charge on any atom is -0.476 e. The first-order valence-corrected chi connectivity index (χ1v) is 13.3. The fraction of sp³-hybridized carbons (Fsp3) is 0.375. The van der Waals surface area contributed by atoms with Crippen molar-refractivity contribution in [2.45, 2.75) is 56.2 Å². The number of carbonyl (C=O) groups excluding carboxylic acids is 2. The maximum Gasteiger partial charge on any atom is 0.355 e. The summed E-state index contributed by atoms with van der Waals surface area (Å²) in [6.07, 6.45) is 2.59. The highest BCUT2D eigenvalue weighted by Crippen LogP contribution is 2.29. The molecule has 0 aliphatic rings. The lowest BCUT2D eigenvalue weighted by molar-refractivity contribution is -0.149. The number of aromatic nitrogens is 2. The summed E-state index contributed by atoms with van der Waals surface area (Å²) in [5.41, 5.74) is -1.88. The Hall–Kier alpha value is -2.89. The van der Waals surface area contributed by atoms with Crippen molar-refractivity contribution >= 4 is 51.7 Å². The van der Waals surface area contributed by atoms with Crippen LogP contribution in [0.3, 0.4) is 0 Å². The number of carbonyl (C=O) groups is 2. The maximum atomic E-state index is 12.6. The van der Waals surface area contributed by atoms with Crippen molar-refractivity contribution in [1.29, 1.82) is 0 Å². The lowest BCUT2D eigenvalue weighted by atomic mass is 10.0. The fourth-order valence-corrected chi connectivity index (χ4v) is 4.74. The molecule has 12 heteroatoms. The van der Waals surface area contributed by atoms with Gasteiger partial charge in [-0.05, 0) is 51.0 Å². The predicted molar refractivity (Wildman–Crippen MR) is 139 cm³/mol. The molecule has 1 aromatic carbocycles. The molecule has 0 spiro atoms. The van der Waals surface area contributed by atoms with E-state index < -0.39 is 17.0 Å². The molecule has 2 aromatic heterocycles. The molecule has 2 heterocycles. The Balaban J connectivity index is 1.56. The van der Waals surface area contributed by atoms with Gasteiger partial charge in [-0.15, -0.1) is 10.2 Å². The number of hydrogen-bond acceptors (Lipinski definition) is 10. The Morgan fingerprint density at radius 2 is 1.89 bits per heavy atom. The van der Waals surface area contributed by atoms with E-state index in [1.807, 2.05) is 13.8 Å². The number of nitrogens with one attached hydrogen (secondary N) is 1. The highest BCUT2D eigenvalue weighted by molar-refractivity contribution is 8.00. The van der Waals surface area contributed by atoms with Gasteiger partial charge in [0.1, 0.15) is 17.8 Å². The van der Waals surface area contributed by atoms with Crippen molar-refractivity contribution in [3.63, 3.8) is 0 Å². The molecule has 0 bridgehead atoms. The lowest BCUT2D eigenvalue weighted by Gasteiger charge is -2.23. The van der Waals surface area contributed by atoms with Crippen molar-refractivity contribution in [3.8, 4) is 11.5 Å². The molecule has 36 heavy (non-hydrogen) atoms. The van der Waals surface area contributed by atoms with E-state index in [-0.39, 0.29) is 17.6 Å². The van der Waals surface area contributed by atoms with Gasteiger partial charge in [-0.3, -0.25) is 9.59 Å². The number of ether oxygens (including phenoxy) is 2. The Labute approximate surface area is 221 Å². The number of anilines is 1. The van der Waals surface area contributed by atoms with Crippen LogP contribution in [-0.4, -0.2) is 27.7 Å². The van der Waals surface area contributed by atoms with Gasteiger partial charge in [0.25, 0.3) is 0 Å². The molecule has 1 amide bonds. The molecule has 0 saturated carbocycles.